The monoisotopic (exact) mass is 252 g/mol. The van der Waals surface area contributed by atoms with Gasteiger partial charge in [0.1, 0.15) is 0 Å². The number of benzene rings is 1. The van der Waals surface area contributed by atoms with Crippen molar-refractivity contribution in [1.29, 1.82) is 0 Å². The predicted molar refractivity (Wildman–Crippen MR) is 70.2 cm³/mol. The van der Waals surface area contributed by atoms with Crippen LogP contribution in [0, 0.1) is 5.92 Å². The minimum Gasteiger partial charge on any atom is -0.398 e. The number of carbonyl (C=O) groups is 1. The van der Waals surface area contributed by atoms with Crippen LogP contribution in [0.5, 0.6) is 0 Å². The zero-order chi connectivity index (χ0) is 12.4. The standard InChI is InChI=1S/C13H17ClN2O/c1-9-5-7-16(8-6-9)13(17)12-10(14)3-2-4-11(12)15/h2-4,9H,5-8,15H2,1H3. The van der Waals surface area contributed by atoms with Crippen LogP contribution in [0.3, 0.4) is 0 Å². The van der Waals surface area contributed by atoms with Crippen LogP contribution in [0.2, 0.25) is 5.02 Å². The summed E-state index contributed by atoms with van der Waals surface area (Å²) in [5.41, 5.74) is 6.73. The molecule has 0 unspecified atom stereocenters. The van der Waals surface area contributed by atoms with E-state index in [0.717, 1.165) is 25.9 Å². The summed E-state index contributed by atoms with van der Waals surface area (Å²) in [7, 11) is 0. The van der Waals surface area contributed by atoms with Crippen LogP contribution in [-0.4, -0.2) is 23.9 Å². The Bertz CT molecular complexity index is 405. The molecule has 92 valence electrons. The van der Waals surface area contributed by atoms with Crippen LogP contribution in [0.15, 0.2) is 18.2 Å². The Labute approximate surface area is 107 Å². The predicted octanol–water partition coefficient (Wildman–Crippen LogP) is 2.79. The van der Waals surface area contributed by atoms with Crippen molar-refractivity contribution in [2.24, 2.45) is 5.92 Å². The largest absolute Gasteiger partial charge is 0.398 e. The first kappa shape index (κ1) is 12.2. The van der Waals surface area contributed by atoms with E-state index in [1.165, 1.54) is 0 Å². The summed E-state index contributed by atoms with van der Waals surface area (Å²) in [5.74, 6) is 0.655. The van der Waals surface area contributed by atoms with Gasteiger partial charge >= 0.3 is 0 Å². The molecular weight excluding hydrogens is 236 g/mol. The maximum Gasteiger partial charge on any atom is 0.257 e. The van der Waals surface area contributed by atoms with Crippen molar-refractivity contribution in [3.05, 3.63) is 28.8 Å². The molecule has 1 amide bonds. The number of hydrogen-bond acceptors (Lipinski definition) is 2. The van der Waals surface area contributed by atoms with E-state index in [4.69, 9.17) is 17.3 Å². The van der Waals surface area contributed by atoms with Gasteiger partial charge < -0.3 is 10.6 Å². The highest BCUT2D eigenvalue weighted by molar-refractivity contribution is 6.34. The smallest absolute Gasteiger partial charge is 0.257 e. The van der Waals surface area contributed by atoms with Gasteiger partial charge in [0.15, 0.2) is 0 Å². The molecule has 1 heterocycles. The number of carbonyl (C=O) groups excluding carboxylic acids is 1. The Kier molecular flexibility index (Phi) is 3.57. The quantitative estimate of drug-likeness (QED) is 0.782. The second-order valence-corrected chi connectivity index (χ2v) is 5.09. The Morgan fingerprint density at radius 2 is 2.06 bits per heavy atom. The van der Waals surface area contributed by atoms with Gasteiger partial charge in [0, 0.05) is 18.8 Å². The van der Waals surface area contributed by atoms with Gasteiger partial charge in [0.25, 0.3) is 5.91 Å². The number of nitrogens with zero attached hydrogens (tertiary/aromatic N) is 1. The van der Waals surface area contributed by atoms with E-state index in [-0.39, 0.29) is 5.91 Å². The molecule has 1 aliphatic rings. The van der Waals surface area contributed by atoms with Crippen LogP contribution in [-0.2, 0) is 0 Å². The first-order valence-corrected chi connectivity index (χ1v) is 6.30. The lowest BCUT2D eigenvalue weighted by Crippen LogP contribution is -2.38. The average Bonchev–Trinajstić information content (AvgIpc) is 2.29. The van der Waals surface area contributed by atoms with Crippen LogP contribution in [0.1, 0.15) is 30.1 Å². The number of nitrogens with two attached hydrogens (primary N) is 1. The third-order valence-electron chi connectivity index (χ3n) is 3.33. The summed E-state index contributed by atoms with van der Waals surface area (Å²) in [6, 6.07) is 5.18. The summed E-state index contributed by atoms with van der Waals surface area (Å²) in [4.78, 5) is 14.2. The first-order valence-electron chi connectivity index (χ1n) is 5.93. The van der Waals surface area contributed by atoms with Crippen LogP contribution < -0.4 is 5.73 Å². The molecule has 0 atom stereocenters. The maximum absolute atomic E-state index is 12.3. The lowest BCUT2D eigenvalue weighted by atomic mass is 9.98. The lowest BCUT2D eigenvalue weighted by molar-refractivity contribution is 0.0698. The Hall–Kier alpha value is -1.22. The summed E-state index contributed by atoms with van der Waals surface area (Å²) in [6.45, 7) is 3.81. The van der Waals surface area contributed by atoms with Crippen molar-refractivity contribution in [2.75, 3.05) is 18.8 Å². The number of nitrogen functional groups attached to an aromatic ring is 1. The highest BCUT2D eigenvalue weighted by Gasteiger charge is 2.24. The van der Waals surface area contributed by atoms with E-state index in [9.17, 15) is 4.79 Å². The topological polar surface area (TPSA) is 46.3 Å². The fourth-order valence-electron chi connectivity index (χ4n) is 2.14. The van der Waals surface area contributed by atoms with E-state index >= 15 is 0 Å². The van der Waals surface area contributed by atoms with E-state index in [0.29, 0.717) is 22.2 Å². The third kappa shape index (κ3) is 2.55. The Morgan fingerprint density at radius 3 is 2.65 bits per heavy atom. The van der Waals surface area contributed by atoms with Crippen LogP contribution in [0.4, 0.5) is 5.69 Å². The molecule has 4 heteroatoms. The number of halogens is 1. The molecule has 2 N–H and O–H groups in total. The summed E-state index contributed by atoms with van der Waals surface area (Å²) >= 11 is 6.04. The van der Waals surface area contributed by atoms with Crippen LogP contribution in [0.25, 0.3) is 0 Å². The fraction of sp³-hybridized carbons (Fsp3) is 0.462. The molecule has 2 rings (SSSR count). The number of piperidine rings is 1. The second-order valence-electron chi connectivity index (χ2n) is 4.68. The number of hydrogen-bond donors (Lipinski definition) is 1. The highest BCUT2D eigenvalue weighted by Crippen LogP contribution is 2.25. The molecule has 1 fully saturated rings. The zero-order valence-corrected chi connectivity index (χ0v) is 10.7. The van der Waals surface area contributed by atoms with Crippen LogP contribution >= 0.6 is 11.6 Å². The third-order valence-corrected chi connectivity index (χ3v) is 3.65. The average molecular weight is 253 g/mol. The van der Waals surface area contributed by atoms with Crippen molar-refractivity contribution in [1.82, 2.24) is 4.90 Å². The number of likely N-dealkylation sites (tertiary alicyclic amines) is 1. The van der Waals surface area contributed by atoms with Crippen molar-refractivity contribution < 1.29 is 4.79 Å². The molecule has 17 heavy (non-hydrogen) atoms. The van der Waals surface area contributed by atoms with Crippen molar-refractivity contribution in [2.45, 2.75) is 19.8 Å². The van der Waals surface area contributed by atoms with Gasteiger partial charge in [-0.15, -0.1) is 0 Å². The van der Waals surface area contributed by atoms with E-state index in [2.05, 4.69) is 6.92 Å². The molecule has 1 aliphatic heterocycles. The molecule has 0 bridgehead atoms. The Balaban J connectivity index is 2.20. The summed E-state index contributed by atoms with van der Waals surface area (Å²) in [6.07, 6.45) is 2.10. The van der Waals surface area contributed by atoms with E-state index < -0.39 is 0 Å². The van der Waals surface area contributed by atoms with Crippen molar-refractivity contribution in [3.63, 3.8) is 0 Å². The normalized spacial score (nSPS) is 17.2. The fourth-order valence-corrected chi connectivity index (χ4v) is 2.40. The van der Waals surface area contributed by atoms with Gasteiger partial charge in [-0.1, -0.05) is 24.6 Å². The van der Waals surface area contributed by atoms with Gasteiger partial charge in [-0.25, -0.2) is 0 Å². The zero-order valence-electron chi connectivity index (χ0n) is 9.95. The second kappa shape index (κ2) is 4.96. The van der Waals surface area contributed by atoms with Gasteiger partial charge in [-0.05, 0) is 30.9 Å². The number of amides is 1. The molecule has 0 aromatic heterocycles. The maximum atomic E-state index is 12.3. The lowest BCUT2D eigenvalue weighted by Gasteiger charge is -2.30. The molecule has 0 aliphatic carbocycles. The van der Waals surface area contributed by atoms with Gasteiger partial charge in [-0.2, -0.15) is 0 Å². The molecule has 3 nitrogen and oxygen atoms in total. The minimum atomic E-state index is -0.0417. The highest BCUT2D eigenvalue weighted by atomic mass is 35.5. The molecule has 1 aromatic carbocycles. The molecular formula is C13H17ClN2O. The summed E-state index contributed by atoms with van der Waals surface area (Å²) in [5, 5.41) is 0.439. The molecule has 1 saturated heterocycles. The van der Waals surface area contributed by atoms with Gasteiger partial charge in [0.2, 0.25) is 0 Å². The Morgan fingerprint density at radius 1 is 1.41 bits per heavy atom. The SMILES string of the molecule is CC1CCN(C(=O)c2c(N)cccc2Cl)CC1. The van der Waals surface area contributed by atoms with E-state index in [1.54, 1.807) is 18.2 Å². The summed E-state index contributed by atoms with van der Waals surface area (Å²) < 4.78 is 0. The molecule has 1 aromatic rings. The van der Waals surface area contributed by atoms with Crippen molar-refractivity contribution in [3.8, 4) is 0 Å². The van der Waals surface area contributed by atoms with Gasteiger partial charge in [0.05, 0.1) is 10.6 Å². The first-order chi connectivity index (χ1) is 8.09. The number of anilines is 1. The van der Waals surface area contributed by atoms with Gasteiger partial charge in [-0.3, -0.25) is 4.79 Å². The molecule has 0 radical (unpaired) electrons. The van der Waals surface area contributed by atoms with Crippen molar-refractivity contribution >= 4 is 23.2 Å². The number of rotatable bonds is 1. The molecule has 0 saturated carbocycles. The molecule has 0 spiro atoms. The minimum absolute atomic E-state index is 0.0417. The van der Waals surface area contributed by atoms with E-state index in [1.807, 2.05) is 4.90 Å².